The number of carbonyl (C=O) groups is 1. The van der Waals surface area contributed by atoms with Crippen molar-refractivity contribution in [3.63, 3.8) is 0 Å². The Hall–Kier alpha value is -0.870. The van der Waals surface area contributed by atoms with Crippen LogP contribution in [0.25, 0.3) is 0 Å². The van der Waals surface area contributed by atoms with Crippen molar-refractivity contribution >= 4 is 5.91 Å². The summed E-state index contributed by atoms with van der Waals surface area (Å²) in [4.78, 5) is 12.9. The molecule has 0 spiro atoms. The van der Waals surface area contributed by atoms with Crippen molar-refractivity contribution in [3.8, 4) is 0 Å². The lowest BCUT2D eigenvalue weighted by Crippen LogP contribution is -2.25. The molecule has 4 nitrogen and oxygen atoms in total. The summed E-state index contributed by atoms with van der Waals surface area (Å²) in [6, 6.07) is 0. The van der Waals surface area contributed by atoms with E-state index in [4.69, 9.17) is 9.47 Å². The first-order valence-corrected chi connectivity index (χ1v) is 6.31. The van der Waals surface area contributed by atoms with Crippen LogP contribution >= 0.6 is 0 Å². The maximum Gasteiger partial charge on any atom is 0.245 e. The van der Waals surface area contributed by atoms with Crippen LogP contribution in [0.2, 0.25) is 0 Å². The Bertz CT molecular complexity index is 239. The lowest BCUT2D eigenvalue weighted by Gasteiger charge is -2.14. The number of hydrogen-bond donors (Lipinski definition) is 0. The number of rotatable bonds is 10. The van der Waals surface area contributed by atoms with Gasteiger partial charge in [-0.1, -0.05) is 19.4 Å². The molecule has 0 aromatic carbocycles. The van der Waals surface area contributed by atoms with Gasteiger partial charge in [0.05, 0.1) is 13.2 Å². The zero-order valence-corrected chi connectivity index (χ0v) is 10.7. The topological polar surface area (TPSA) is 42.1 Å². The van der Waals surface area contributed by atoms with Crippen LogP contribution in [0.15, 0.2) is 12.7 Å². The highest BCUT2D eigenvalue weighted by Gasteiger charge is 2.21. The summed E-state index contributed by atoms with van der Waals surface area (Å²) in [6.07, 6.45) is 6.15. The molecular formula is C13H23NO3. The second-order valence-corrected chi connectivity index (χ2v) is 4.41. The molecule has 0 aromatic rings. The number of ether oxygens (including phenoxy) is 2. The molecule has 98 valence electrons. The summed E-state index contributed by atoms with van der Waals surface area (Å²) in [5, 5.41) is 0. The van der Waals surface area contributed by atoms with E-state index in [1.54, 1.807) is 4.90 Å². The molecule has 1 amide bonds. The first-order valence-electron chi connectivity index (χ1n) is 6.31. The number of hydrogen-bond acceptors (Lipinski definition) is 3. The fourth-order valence-corrected chi connectivity index (χ4v) is 1.55. The SMILES string of the molecule is C=CC(=O)N(C)CCCCCCOCC1CO1. The van der Waals surface area contributed by atoms with Gasteiger partial charge in [-0.05, 0) is 18.9 Å². The molecule has 1 fully saturated rings. The van der Waals surface area contributed by atoms with Gasteiger partial charge in [0.2, 0.25) is 5.91 Å². The van der Waals surface area contributed by atoms with E-state index in [9.17, 15) is 4.79 Å². The van der Waals surface area contributed by atoms with E-state index in [0.29, 0.717) is 6.10 Å². The van der Waals surface area contributed by atoms with E-state index in [1.165, 1.54) is 6.08 Å². The highest BCUT2D eigenvalue weighted by atomic mass is 16.6. The quantitative estimate of drug-likeness (QED) is 0.331. The summed E-state index contributed by atoms with van der Waals surface area (Å²) < 4.78 is 10.5. The Balaban J connectivity index is 1.79. The fraction of sp³-hybridized carbons (Fsp3) is 0.769. The highest BCUT2D eigenvalue weighted by Crippen LogP contribution is 2.09. The number of epoxide rings is 1. The number of amides is 1. The van der Waals surface area contributed by atoms with Crippen LogP contribution in [0.5, 0.6) is 0 Å². The van der Waals surface area contributed by atoms with Gasteiger partial charge >= 0.3 is 0 Å². The number of unbranched alkanes of at least 4 members (excludes halogenated alkanes) is 3. The van der Waals surface area contributed by atoms with Crippen LogP contribution < -0.4 is 0 Å². The minimum atomic E-state index is -0.00207. The van der Waals surface area contributed by atoms with Crippen molar-refractivity contribution in [2.24, 2.45) is 0 Å². The molecule has 1 saturated heterocycles. The van der Waals surface area contributed by atoms with Gasteiger partial charge in [0.25, 0.3) is 0 Å². The lowest BCUT2D eigenvalue weighted by atomic mass is 10.2. The smallest absolute Gasteiger partial charge is 0.245 e. The molecule has 1 atom stereocenters. The van der Waals surface area contributed by atoms with E-state index < -0.39 is 0 Å². The van der Waals surface area contributed by atoms with Gasteiger partial charge in [-0.3, -0.25) is 4.79 Å². The molecule has 4 heteroatoms. The van der Waals surface area contributed by atoms with Crippen molar-refractivity contribution < 1.29 is 14.3 Å². The predicted octanol–water partition coefficient (Wildman–Crippen LogP) is 1.61. The molecule has 0 radical (unpaired) electrons. The van der Waals surface area contributed by atoms with Gasteiger partial charge in [-0.25, -0.2) is 0 Å². The molecule has 17 heavy (non-hydrogen) atoms. The van der Waals surface area contributed by atoms with E-state index in [-0.39, 0.29) is 5.91 Å². The molecule has 0 aliphatic carbocycles. The summed E-state index contributed by atoms with van der Waals surface area (Å²) in [5.74, 6) is -0.00207. The Labute approximate surface area is 104 Å². The van der Waals surface area contributed by atoms with Gasteiger partial charge in [0.1, 0.15) is 6.10 Å². The van der Waals surface area contributed by atoms with Crippen LogP contribution in [0, 0.1) is 0 Å². The highest BCUT2D eigenvalue weighted by molar-refractivity contribution is 5.86. The van der Waals surface area contributed by atoms with Crippen molar-refractivity contribution in [2.75, 3.05) is 33.4 Å². The van der Waals surface area contributed by atoms with Crippen molar-refractivity contribution in [1.29, 1.82) is 0 Å². The third-order valence-electron chi connectivity index (χ3n) is 2.79. The average Bonchev–Trinajstić information content (AvgIpc) is 3.15. The second kappa shape index (κ2) is 8.25. The Morgan fingerprint density at radius 1 is 1.47 bits per heavy atom. The molecule has 0 bridgehead atoms. The first kappa shape index (κ1) is 14.2. The third kappa shape index (κ3) is 7.13. The molecule has 0 aromatic heterocycles. The zero-order valence-electron chi connectivity index (χ0n) is 10.7. The molecule has 1 rings (SSSR count). The molecule has 1 aliphatic rings. The van der Waals surface area contributed by atoms with Gasteiger partial charge in [-0.2, -0.15) is 0 Å². The predicted molar refractivity (Wildman–Crippen MR) is 66.9 cm³/mol. The second-order valence-electron chi connectivity index (χ2n) is 4.41. The monoisotopic (exact) mass is 241 g/mol. The summed E-state index contributed by atoms with van der Waals surface area (Å²) >= 11 is 0. The zero-order chi connectivity index (χ0) is 12.5. The molecule has 1 heterocycles. The van der Waals surface area contributed by atoms with E-state index in [0.717, 1.165) is 52.0 Å². The van der Waals surface area contributed by atoms with Crippen LogP contribution in [-0.4, -0.2) is 50.3 Å². The first-order chi connectivity index (χ1) is 8.24. The largest absolute Gasteiger partial charge is 0.379 e. The number of carbonyl (C=O) groups excluding carboxylic acids is 1. The maximum absolute atomic E-state index is 11.2. The summed E-state index contributed by atoms with van der Waals surface area (Å²) in [7, 11) is 1.81. The minimum Gasteiger partial charge on any atom is -0.379 e. The third-order valence-corrected chi connectivity index (χ3v) is 2.79. The van der Waals surface area contributed by atoms with E-state index in [1.807, 2.05) is 7.05 Å². The molecule has 0 N–H and O–H groups in total. The Morgan fingerprint density at radius 3 is 2.82 bits per heavy atom. The number of likely N-dealkylation sites (N-methyl/N-ethyl adjacent to an activating group) is 1. The van der Waals surface area contributed by atoms with Gasteiger partial charge < -0.3 is 14.4 Å². The van der Waals surface area contributed by atoms with Crippen molar-refractivity contribution in [3.05, 3.63) is 12.7 Å². The summed E-state index contributed by atoms with van der Waals surface area (Å²) in [6.45, 7) is 6.70. The van der Waals surface area contributed by atoms with Crippen LogP contribution in [0.3, 0.4) is 0 Å². The van der Waals surface area contributed by atoms with E-state index >= 15 is 0 Å². The number of nitrogens with zero attached hydrogens (tertiary/aromatic N) is 1. The van der Waals surface area contributed by atoms with Crippen molar-refractivity contribution in [1.82, 2.24) is 4.90 Å². The normalized spacial score (nSPS) is 17.8. The van der Waals surface area contributed by atoms with Crippen molar-refractivity contribution in [2.45, 2.75) is 31.8 Å². The van der Waals surface area contributed by atoms with Gasteiger partial charge in [0, 0.05) is 20.2 Å². The van der Waals surface area contributed by atoms with Gasteiger partial charge in [0.15, 0.2) is 0 Å². The minimum absolute atomic E-state index is 0.00207. The van der Waals surface area contributed by atoms with Gasteiger partial charge in [-0.15, -0.1) is 0 Å². The van der Waals surface area contributed by atoms with Crippen LogP contribution in [0.4, 0.5) is 0 Å². The fourth-order valence-electron chi connectivity index (χ4n) is 1.55. The Kier molecular flexibility index (Phi) is 6.89. The average molecular weight is 241 g/mol. The standard InChI is InChI=1S/C13H23NO3/c1-3-13(15)14(2)8-6-4-5-7-9-16-10-12-11-17-12/h3,12H,1,4-11H2,2H3. The molecular weight excluding hydrogens is 218 g/mol. The van der Waals surface area contributed by atoms with Crippen LogP contribution in [-0.2, 0) is 14.3 Å². The summed E-state index contributed by atoms with van der Waals surface area (Å²) in [5.41, 5.74) is 0. The molecule has 1 aliphatic heterocycles. The lowest BCUT2D eigenvalue weighted by molar-refractivity contribution is -0.124. The Morgan fingerprint density at radius 2 is 2.18 bits per heavy atom. The van der Waals surface area contributed by atoms with Crippen LogP contribution in [0.1, 0.15) is 25.7 Å². The maximum atomic E-state index is 11.2. The molecule has 1 unspecified atom stereocenters. The molecule has 0 saturated carbocycles. The van der Waals surface area contributed by atoms with E-state index in [2.05, 4.69) is 6.58 Å².